The van der Waals surface area contributed by atoms with Gasteiger partial charge >= 0.3 is 0 Å². The van der Waals surface area contributed by atoms with Gasteiger partial charge in [-0.1, -0.05) is 29.8 Å². The molecule has 0 fully saturated rings. The third-order valence-electron chi connectivity index (χ3n) is 2.07. The summed E-state index contributed by atoms with van der Waals surface area (Å²) in [6.45, 7) is 0. The van der Waals surface area contributed by atoms with Crippen LogP contribution in [0.15, 0.2) is 36.7 Å². The Morgan fingerprint density at radius 2 is 2.00 bits per heavy atom. The minimum absolute atomic E-state index is 0.693. The van der Waals surface area contributed by atoms with E-state index in [-0.39, 0.29) is 0 Å². The van der Waals surface area contributed by atoms with Crippen LogP contribution >= 0.6 is 11.6 Å². The Kier molecular flexibility index (Phi) is 2.83. The number of hydrogen-bond acceptors (Lipinski definition) is 3. The summed E-state index contributed by atoms with van der Waals surface area (Å²) in [6, 6.07) is 9.47. The average molecular weight is 220 g/mol. The van der Waals surface area contributed by atoms with Gasteiger partial charge in [0, 0.05) is 23.7 Å². The van der Waals surface area contributed by atoms with Gasteiger partial charge < -0.3 is 5.32 Å². The molecule has 0 radical (unpaired) electrons. The topological polar surface area (TPSA) is 37.8 Å². The predicted octanol–water partition coefficient (Wildman–Crippen LogP) is 2.84. The summed E-state index contributed by atoms with van der Waals surface area (Å²) in [6.07, 6.45) is 1.52. The van der Waals surface area contributed by atoms with Crippen LogP contribution in [0.1, 0.15) is 0 Å². The van der Waals surface area contributed by atoms with E-state index in [0.717, 1.165) is 17.1 Å². The smallest absolute Gasteiger partial charge is 0.129 e. The maximum Gasteiger partial charge on any atom is 0.129 e. The van der Waals surface area contributed by atoms with Crippen molar-refractivity contribution in [2.24, 2.45) is 0 Å². The Balaban J connectivity index is 2.49. The van der Waals surface area contributed by atoms with E-state index >= 15 is 0 Å². The minimum Gasteiger partial charge on any atom is -0.373 e. The Bertz CT molecular complexity index is 471. The monoisotopic (exact) mass is 219 g/mol. The zero-order valence-corrected chi connectivity index (χ0v) is 8.99. The highest BCUT2D eigenvalue weighted by Gasteiger charge is 2.04. The summed E-state index contributed by atoms with van der Waals surface area (Å²) in [5.74, 6) is 0.778. The van der Waals surface area contributed by atoms with Gasteiger partial charge in [0.1, 0.15) is 12.1 Å². The molecule has 0 aliphatic heterocycles. The molecule has 0 bridgehead atoms. The molecule has 0 spiro atoms. The van der Waals surface area contributed by atoms with E-state index in [2.05, 4.69) is 15.3 Å². The summed E-state index contributed by atoms with van der Waals surface area (Å²) < 4.78 is 0. The largest absolute Gasteiger partial charge is 0.373 e. The summed E-state index contributed by atoms with van der Waals surface area (Å²) in [5, 5.41) is 3.66. The first-order valence-corrected chi connectivity index (χ1v) is 4.94. The predicted molar refractivity (Wildman–Crippen MR) is 62.0 cm³/mol. The van der Waals surface area contributed by atoms with Gasteiger partial charge in [0.15, 0.2) is 0 Å². The van der Waals surface area contributed by atoms with Crippen LogP contribution in [0.25, 0.3) is 11.3 Å². The lowest BCUT2D eigenvalue weighted by molar-refractivity contribution is 1.16. The molecule has 0 saturated heterocycles. The zero-order valence-electron chi connectivity index (χ0n) is 8.24. The fraction of sp³-hybridized carbons (Fsp3) is 0.0909. The Morgan fingerprint density at radius 3 is 2.73 bits per heavy atom. The number of rotatable bonds is 2. The molecule has 1 heterocycles. The van der Waals surface area contributed by atoms with Crippen LogP contribution in [0.5, 0.6) is 0 Å². The molecule has 2 rings (SSSR count). The number of benzene rings is 1. The van der Waals surface area contributed by atoms with Crippen molar-refractivity contribution in [2.75, 3.05) is 12.4 Å². The lowest BCUT2D eigenvalue weighted by atomic mass is 10.1. The molecule has 0 atom stereocenters. The van der Waals surface area contributed by atoms with Crippen LogP contribution in [-0.2, 0) is 0 Å². The molecule has 0 amide bonds. The van der Waals surface area contributed by atoms with E-state index in [9.17, 15) is 0 Å². The van der Waals surface area contributed by atoms with Crippen LogP contribution in [0, 0.1) is 0 Å². The summed E-state index contributed by atoms with van der Waals surface area (Å²) in [5.41, 5.74) is 1.73. The molecular weight excluding hydrogens is 210 g/mol. The number of nitrogens with zero attached hydrogens (tertiary/aromatic N) is 2. The van der Waals surface area contributed by atoms with Crippen molar-refractivity contribution >= 4 is 17.4 Å². The third-order valence-corrected chi connectivity index (χ3v) is 2.40. The lowest BCUT2D eigenvalue weighted by Crippen LogP contribution is -1.94. The highest BCUT2D eigenvalue weighted by atomic mass is 35.5. The van der Waals surface area contributed by atoms with Gasteiger partial charge in [-0.25, -0.2) is 9.97 Å². The van der Waals surface area contributed by atoms with Crippen molar-refractivity contribution in [3.8, 4) is 11.3 Å². The van der Waals surface area contributed by atoms with Gasteiger partial charge in [-0.2, -0.15) is 0 Å². The van der Waals surface area contributed by atoms with Gasteiger partial charge in [0.2, 0.25) is 0 Å². The first-order valence-electron chi connectivity index (χ1n) is 4.56. The maximum atomic E-state index is 6.07. The molecule has 0 saturated carbocycles. The Morgan fingerprint density at radius 1 is 1.20 bits per heavy atom. The maximum absolute atomic E-state index is 6.07. The van der Waals surface area contributed by atoms with E-state index in [0.29, 0.717) is 5.02 Å². The number of anilines is 1. The third kappa shape index (κ3) is 2.07. The van der Waals surface area contributed by atoms with Gasteiger partial charge in [0.25, 0.3) is 0 Å². The number of nitrogens with one attached hydrogen (secondary N) is 1. The van der Waals surface area contributed by atoms with Gasteiger partial charge in [-0.15, -0.1) is 0 Å². The van der Waals surface area contributed by atoms with Crippen LogP contribution in [0.4, 0.5) is 5.82 Å². The van der Waals surface area contributed by atoms with Crippen molar-refractivity contribution in [1.82, 2.24) is 9.97 Å². The van der Waals surface area contributed by atoms with E-state index < -0.39 is 0 Å². The van der Waals surface area contributed by atoms with Crippen LogP contribution in [0.3, 0.4) is 0 Å². The summed E-state index contributed by atoms with van der Waals surface area (Å²) in [4.78, 5) is 8.23. The molecule has 4 heteroatoms. The molecule has 3 nitrogen and oxygen atoms in total. The van der Waals surface area contributed by atoms with Crippen molar-refractivity contribution in [3.05, 3.63) is 41.7 Å². The van der Waals surface area contributed by atoms with Gasteiger partial charge in [-0.05, 0) is 6.07 Å². The van der Waals surface area contributed by atoms with Crippen LogP contribution in [-0.4, -0.2) is 17.0 Å². The molecule has 15 heavy (non-hydrogen) atoms. The molecule has 1 aromatic carbocycles. The van der Waals surface area contributed by atoms with Gasteiger partial charge in [-0.3, -0.25) is 0 Å². The quantitative estimate of drug-likeness (QED) is 0.844. The SMILES string of the molecule is CNc1cc(-c2ccccc2Cl)ncn1. The highest BCUT2D eigenvalue weighted by molar-refractivity contribution is 6.33. The highest BCUT2D eigenvalue weighted by Crippen LogP contribution is 2.26. The molecule has 0 aliphatic rings. The second-order valence-electron chi connectivity index (χ2n) is 3.02. The van der Waals surface area contributed by atoms with Gasteiger partial charge in [0.05, 0.1) is 5.69 Å². The molecule has 2 aromatic rings. The van der Waals surface area contributed by atoms with Crippen molar-refractivity contribution < 1.29 is 0 Å². The minimum atomic E-state index is 0.693. The van der Waals surface area contributed by atoms with Crippen molar-refractivity contribution in [1.29, 1.82) is 0 Å². The van der Waals surface area contributed by atoms with E-state index in [1.54, 1.807) is 0 Å². The van der Waals surface area contributed by atoms with Crippen molar-refractivity contribution in [2.45, 2.75) is 0 Å². The van der Waals surface area contributed by atoms with E-state index in [1.807, 2.05) is 37.4 Å². The zero-order chi connectivity index (χ0) is 10.7. The molecule has 1 N–H and O–H groups in total. The number of halogens is 1. The molecule has 76 valence electrons. The standard InChI is InChI=1S/C11H10ClN3/c1-13-11-6-10(14-7-15-11)8-4-2-3-5-9(8)12/h2-7H,1H3,(H,13,14,15). The summed E-state index contributed by atoms with van der Waals surface area (Å²) in [7, 11) is 1.82. The second-order valence-corrected chi connectivity index (χ2v) is 3.43. The van der Waals surface area contributed by atoms with Crippen LogP contribution < -0.4 is 5.32 Å². The molecule has 1 aromatic heterocycles. The fourth-order valence-corrected chi connectivity index (χ4v) is 1.54. The lowest BCUT2D eigenvalue weighted by Gasteiger charge is -2.04. The Hall–Kier alpha value is -1.61. The fourth-order valence-electron chi connectivity index (χ4n) is 1.31. The Labute approximate surface area is 93.1 Å². The number of aromatic nitrogens is 2. The first-order chi connectivity index (χ1) is 7.31. The normalized spacial score (nSPS) is 10.0. The van der Waals surface area contributed by atoms with Crippen molar-refractivity contribution in [3.63, 3.8) is 0 Å². The average Bonchev–Trinajstić information content (AvgIpc) is 2.30. The first kappa shape index (κ1) is 9.93. The second kappa shape index (κ2) is 4.28. The summed E-state index contributed by atoms with van der Waals surface area (Å²) >= 11 is 6.07. The molecular formula is C11H10ClN3. The molecule has 0 unspecified atom stereocenters. The van der Waals surface area contributed by atoms with Crippen LogP contribution in [0.2, 0.25) is 5.02 Å². The number of hydrogen-bond donors (Lipinski definition) is 1. The molecule has 0 aliphatic carbocycles. The van der Waals surface area contributed by atoms with E-state index in [4.69, 9.17) is 11.6 Å². The van der Waals surface area contributed by atoms with E-state index in [1.165, 1.54) is 6.33 Å².